The Balaban J connectivity index is 1.21. The van der Waals surface area contributed by atoms with Crippen molar-refractivity contribution < 1.29 is 43.5 Å². The molecule has 2 unspecified atom stereocenters. The Morgan fingerprint density at radius 1 is 1.27 bits per heavy atom. The lowest BCUT2D eigenvalue weighted by atomic mass is 10.0. The number of nitrogen functional groups attached to an aromatic ring is 1. The number of carbonyl (C=O) groups excluding carboxylic acids is 2. The molecule has 6 heterocycles. The molecule has 2 amide bonds. The van der Waals surface area contributed by atoms with Crippen LogP contribution in [0.25, 0.3) is 5.65 Å². The van der Waals surface area contributed by atoms with Gasteiger partial charge in [0.25, 0.3) is 22.6 Å². The van der Waals surface area contributed by atoms with Gasteiger partial charge in [-0.1, -0.05) is 16.9 Å². The van der Waals surface area contributed by atoms with E-state index in [1.54, 1.807) is 0 Å². The molecule has 0 aromatic carbocycles. The predicted molar refractivity (Wildman–Crippen MR) is 176 cm³/mol. The van der Waals surface area contributed by atoms with Crippen LogP contribution in [0.2, 0.25) is 0 Å². The third-order valence-electron chi connectivity index (χ3n) is 7.83. The number of aliphatic carboxylic acids is 2. The number of ether oxygens (including phenoxy) is 1. The number of carboxylic acids is 2. The highest BCUT2D eigenvalue weighted by atomic mass is 32.2. The minimum atomic E-state index is -1.77. The van der Waals surface area contributed by atoms with Crippen LogP contribution in [0.15, 0.2) is 45.4 Å². The molecule has 3 aliphatic heterocycles. The average molecular weight is 719 g/mol. The Bertz CT molecular complexity index is 1870. The van der Waals surface area contributed by atoms with Crippen molar-refractivity contribution in [3.8, 4) is 0 Å². The number of morpholine rings is 1. The Hall–Kier alpha value is -4.40. The third-order valence-corrected chi connectivity index (χ3v) is 10.9. The number of hydrogen-bond donors (Lipinski definition) is 4. The van der Waals surface area contributed by atoms with Gasteiger partial charge in [0, 0.05) is 30.0 Å². The molecular weight excluding hydrogens is 687 g/mol. The first kappa shape index (κ1) is 33.5. The highest BCUT2D eigenvalue weighted by Gasteiger charge is 2.54. The highest BCUT2D eigenvalue weighted by molar-refractivity contribution is 8.01. The molecule has 48 heavy (non-hydrogen) atoms. The number of nitrogens with zero attached hydrogens (tertiary/aromatic N) is 7. The van der Waals surface area contributed by atoms with E-state index in [4.69, 9.17) is 20.3 Å². The normalized spacial score (nSPS) is 20.1. The monoisotopic (exact) mass is 718 g/mol. The Morgan fingerprint density at radius 3 is 2.69 bits per heavy atom. The van der Waals surface area contributed by atoms with Gasteiger partial charge in [0.1, 0.15) is 41.0 Å². The molecule has 17 nitrogen and oxygen atoms in total. The van der Waals surface area contributed by atoms with Gasteiger partial charge in [-0.2, -0.15) is 9.38 Å². The maximum Gasteiger partial charge on any atom is 0.352 e. The van der Waals surface area contributed by atoms with Crippen molar-refractivity contribution in [1.82, 2.24) is 24.6 Å². The zero-order valence-electron chi connectivity index (χ0n) is 26.0. The molecule has 3 aromatic heterocycles. The molecule has 0 aliphatic carbocycles. The number of fused-ring (bicyclic) bond motifs is 2. The van der Waals surface area contributed by atoms with E-state index in [9.17, 15) is 29.4 Å². The van der Waals surface area contributed by atoms with Gasteiger partial charge in [-0.3, -0.25) is 14.5 Å². The summed E-state index contributed by atoms with van der Waals surface area (Å²) in [6.07, 6.45) is 3.81. The van der Waals surface area contributed by atoms with E-state index >= 15 is 0 Å². The van der Waals surface area contributed by atoms with E-state index < -0.39 is 40.8 Å². The molecule has 6 rings (SSSR count). The molecule has 2 atom stereocenters. The number of hydrogen-bond acceptors (Lipinski definition) is 14. The van der Waals surface area contributed by atoms with E-state index in [1.807, 2.05) is 34.5 Å². The van der Waals surface area contributed by atoms with Crippen molar-refractivity contribution in [1.29, 1.82) is 0 Å². The van der Waals surface area contributed by atoms with E-state index in [2.05, 4.69) is 20.4 Å². The van der Waals surface area contributed by atoms with Crippen molar-refractivity contribution >= 4 is 80.9 Å². The number of thiazole rings is 1. The molecule has 254 valence electrons. The fourth-order valence-corrected chi connectivity index (χ4v) is 8.15. The van der Waals surface area contributed by atoms with Crippen LogP contribution in [-0.2, 0) is 35.8 Å². The fourth-order valence-electron chi connectivity index (χ4n) is 5.13. The first-order valence-corrected chi connectivity index (χ1v) is 17.5. The molecule has 3 aliphatic rings. The van der Waals surface area contributed by atoms with E-state index in [0.717, 1.165) is 22.8 Å². The molecule has 20 heteroatoms. The average Bonchev–Trinajstić information content (AvgIpc) is 3.67. The van der Waals surface area contributed by atoms with Gasteiger partial charge in [-0.05, 0) is 19.4 Å². The molecule has 2 fully saturated rings. The fraction of sp³-hybridized carbons (Fsp3) is 0.429. The van der Waals surface area contributed by atoms with Crippen molar-refractivity contribution in [2.45, 2.75) is 36.0 Å². The number of thioether (sulfide) groups is 2. The standard InChI is InChI=1S/C28H31N9O8S3/c1-28(2,25(42)43)45-33-18(15-13-47-26(29)30-15)21(38)32-19-22(39)37-20(24(40)41)14(11-46-23(19)37)12-48-27-31-16(35-6-8-44-9-7-35)10-17-34(3)4-5-36(17)27/h4-5,10,13,19,23H,6-9,11-12H2,1-3H3,(H4-,29,30,32,38,40,41,42,43)/p+1/b33-18-. The lowest BCUT2D eigenvalue weighted by Crippen LogP contribution is -2.71. The van der Waals surface area contributed by atoms with Crippen LogP contribution in [0.1, 0.15) is 19.5 Å². The number of anilines is 2. The van der Waals surface area contributed by atoms with Gasteiger partial charge >= 0.3 is 11.9 Å². The molecule has 2 saturated heterocycles. The minimum Gasteiger partial charge on any atom is -0.478 e. The summed E-state index contributed by atoms with van der Waals surface area (Å²) in [5.41, 5.74) is 4.93. The number of aromatic nitrogens is 4. The Kier molecular flexibility index (Phi) is 9.25. The number of oxime groups is 1. The summed E-state index contributed by atoms with van der Waals surface area (Å²) in [6.45, 7) is 5.12. The number of aryl methyl sites for hydroxylation is 1. The first-order valence-electron chi connectivity index (χ1n) is 14.6. The van der Waals surface area contributed by atoms with Crippen molar-refractivity contribution in [2.75, 3.05) is 48.4 Å². The summed E-state index contributed by atoms with van der Waals surface area (Å²) in [4.78, 5) is 68.3. The van der Waals surface area contributed by atoms with Crippen molar-refractivity contribution in [3.63, 3.8) is 0 Å². The molecule has 3 aromatic rings. The maximum atomic E-state index is 13.4. The van der Waals surface area contributed by atoms with Gasteiger partial charge in [-0.15, -0.1) is 23.1 Å². The zero-order chi connectivity index (χ0) is 34.3. The Labute approximate surface area is 285 Å². The number of carboxylic acid groups (broad SMARTS) is 2. The van der Waals surface area contributed by atoms with Gasteiger partial charge in [0.15, 0.2) is 10.8 Å². The molecule has 0 bridgehead atoms. The van der Waals surface area contributed by atoms with Gasteiger partial charge < -0.3 is 35.7 Å². The largest absolute Gasteiger partial charge is 0.478 e. The van der Waals surface area contributed by atoms with Crippen LogP contribution >= 0.6 is 34.9 Å². The topological polar surface area (TPSA) is 218 Å². The molecule has 0 spiro atoms. The summed E-state index contributed by atoms with van der Waals surface area (Å²) in [5, 5.41) is 27.5. The summed E-state index contributed by atoms with van der Waals surface area (Å²) in [7, 11) is 1.94. The van der Waals surface area contributed by atoms with Crippen molar-refractivity contribution in [3.05, 3.63) is 40.8 Å². The second-order valence-electron chi connectivity index (χ2n) is 11.5. The number of amides is 2. The predicted octanol–water partition coefficient (Wildman–Crippen LogP) is 0.149. The number of nitrogens with two attached hydrogens (primary N) is 1. The SMILES string of the molecule is C[n+]1ccn2c(SCC3=C(C(=O)O)N4C(=O)C(NC(=O)/C(=N\OC(C)(C)C(=O)O)c5csc(N)n5)C4SC3)nc(N3CCOCC3)cc21. The minimum absolute atomic E-state index is 0.0261. The van der Waals surface area contributed by atoms with Crippen LogP contribution < -0.4 is 20.5 Å². The van der Waals surface area contributed by atoms with Crippen LogP contribution in [0, 0.1) is 0 Å². The molecule has 0 saturated carbocycles. The zero-order valence-corrected chi connectivity index (χ0v) is 28.4. The molecular formula is C28H32N9O8S3+. The molecule has 0 radical (unpaired) electrons. The van der Waals surface area contributed by atoms with E-state index in [1.165, 1.54) is 47.7 Å². The number of carbonyl (C=O) groups is 4. The third kappa shape index (κ3) is 6.39. The summed E-state index contributed by atoms with van der Waals surface area (Å²) in [5.74, 6) is -2.70. The van der Waals surface area contributed by atoms with Crippen LogP contribution in [0.3, 0.4) is 0 Å². The second kappa shape index (κ2) is 13.2. The summed E-state index contributed by atoms with van der Waals surface area (Å²) < 4.78 is 9.40. The highest BCUT2D eigenvalue weighted by Crippen LogP contribution is 2.41. The summed E-state index contributed by atoms with van der Waals surface area (Å²) in [6, 6.07) is 0.926. The smallest absolute Gasteiger partial charge is 0.352 e. The number of nitrogens with one attached hydrogen (secondary N) is 1. The van der Waals surface area contributed by atoms with E-state index in [-0.39, 0.29) is 28.0 Å². The van der Waals surface area contributed by atoms with Crippen LogP contribution in [0.5, 0.6) is 0 Å². The summed E-state index contributed by atoms with van der Waals surface area (Å²) >= 11 is 3.72. The van der Waals surface area contributed by atoms with Crippen LogP contribution in [0.4, 0.5) is 10.9 Å². The molecule has 5 N–H and O–H groups in total. The van der Waals surface area contributed by atoms with Gasteiger partial charge in [0.2, 0.25) is 5.60 Å². The quantitative estimate of drug-likeness (QED) is 0.0518. The van der Waals surface area contributed by atoms with E-state index in [0.29, 0.717) is 42.8 Å². The Morgan fingerprint density at radius 2 is 2.02 bits per heavy atom. The second-order valence-corrected chi connectivity index (χ2v) is 14.4. The number of β-lactam (4-membered cyclic amide) rings is 1. The maximum absolute atomic E-state index is 13.4. The van der Waals surface area contributed by atoms with Crippen LogP contribution in [-0.4, -0.2) is 114 Å². The lowest BCUT2D eigenvalue weighted by molar-refractivity contribution is -0.644. The first-order chi connectivity index (χ1) is 22.9. The van der Waals surface area contributed by atoms with Gasteiger partial charge in [-0.25, -0.2) is 19.1 Å². The lowest BCUT2D eigenvalue weighted by Gasteiger charge is -2.49. The number of imidazole rings is 1. The van der Waals surface area contributed by atoms with Crippen molar-refractivity contribution in [2.24, 2.45) is 12.2 Å². The number of rotatable bonds is 11. The van der Waals surface area contributed by atoms with Gasteiger partial charge in [0.05, 0.1) is 26.3 Å².